The summed E-state index contributed by atoms with van der Waals surface area (Å²) in [5.74, 6) is -0.252. The molecule has 0 N–H and O–H groups in total. The molecule has 5 rings (SSSR count). The summed E-state index contributed by atoms with van der Waals surface area (Å²) >= 11 is 1.10. The van der Waals surface area contributed by atoms with Gasteiger partial charge in [-0.1, -0.05) is 48.3 Å². The van der Waals surface area contributed by atoms with Gasteiger partial charge in [0, 0.05) is 19.1 Å². The number of nitro benzene ring substituents is 1. The van der Waals surface area contributed by atoms with E-state index in [1.165, 1.54) is 29.7 Å². The maximum Gasteiger partial charge on any atom is 0.338 e. The summed E-state index contributed by atoms with van der Waals surface area (Å²) in [5.41, 5.74) is 0.881. The van der Waals surface area contributed by atoms with Crippen molar-refractivity contribution in [2.45, 2.75) is 19.9 Å². The summed E-state index contributed by atoms with van der Waals surface area (Å²) in [6.07, 6.45) is 2.96. The fourth-order valence-corrected chi connectivity index (χ4v) is 5.57. The Hall–Kier alpha value is -5.36. The molecule has 1 aliphatic rings. The smallest absolute Gasteiger partial charge is 0.338 e. The van der Waals surface area contributed by atoms with E-state index >= 15 is 0 Å². The first-order chi connectivity index (χ1) is 20.2. The van der Waals surface area contributed by atoms with E-state index in [0.29, 0.717) is 33.1 Å². The summed E-state index contributed by atoms with van der Waals surface area (Å²) < 4.78 is 18.0. The van der Waals surface area contributed by atoms with Gasteiger partial charge in [-0.3, -0.25) is 24.3 Å². The zero-order valence-electron chi connectivity index (χ0n) is 22.4. The quantitative estimate of drug-likeness (QED) is 0.0991. The Labute approximate surface area is 242 Å². The van der Waals surface area contributed by atoms with Gasteiger partial charge in [-0.25, -0.2) is 9.79 Å². The van der Waals surface area contributed by atoms with E-state index in [-0.39, 0.29) is 28.2 Å². The highest BCUT2D eigenvalue weighted by Crippen LogP contribution is 2.33. The van der Waals surface area contributed by atoms with Crippen LogP contribution in [0.15, 0.2) is 98.8 Å². The number of hydrogen-bond donors (Lipinski definition) is 0. The minimum Gasteiger partial charge on any atom is -0.458 e. The molecule has 0 aliphatic carbocycles. The van der Waals surface area contributed by atoms with Crippen LogP contribution in [-0.4, -0.2) is 28.0 Å². The first-order valence-electron chi connectivity index (χ1n) is 12.6. The highest BCUT2D eigenvalue weighted by Gasteiger charge is 2.33. The van der Waals surface area contributed by atoms with Crippen LogP contribution in [0.2, 0.25) is 0 Å². The van der Waals surface area contributed by atoms with Crippen LogP contribution in [-0.2, 0) is 14.3 Å². The van der Waals surface area contributed by atoms with E-state index in [2.05, 4.69) is 11.6 Å². The Morgan fingerprint density at radius 1 is 1.17 bits per heavy atom. The second kappa shape index (κ2) is 11.6. The van der Waals surface area contributed by atoms with Crippen molar-refractivity contribution in [3.63, 3.8) is 0 Å². The summed E-state index contributed by atoms with van der Waals surface area (Å²) in [6.45, 7) is 6.49. The third-order valence-corrected chi connectivity index (χ3v) is 7.28. The Morgan fingerprint density at radius 3 is 2.60 bits per heavy atom. The number of allylic oxidation sites excluding steroid dienone is 1. The van der Waals surface area contributed by atoms with E-state index < -0.39 is 28.5 Å². The Morgan fingerprint density at radius 2 is 1.90 bits per heavy atom. The van der Waals surface area contributed by atoms with Crippen LogP contribution in [0.3, 0.4) is 0 Å². The molecule has 4 aromatic rings. The van der Waals surface area contributed by atoms with Gasteiger partial charge in [0.25, 0.3) is 11.2 Å². The maximum absolute atomic E-state index is 13.8. The summed E-state index contributed by atoms with van der Waals surface area (Å²) in [5, 5.41) is 11.5. The SMILES string of the molecule is C=CCOC(=O)C1=C(C)N=c2s/c(=C\c3ccc(-c4ccccc4[N+](=O)[O-])o3)c(=O)n2[C@@H]1c1ccc(OC(C)=O)cc1. The normalized spacial score (nSPS) is 14.6. The molecule has 42 heavy (non-hydrogen) atoms. The second-order valence-electron chi connectivity index (χ2n) is 9.11. The molecule has 0 radical (unpaired) electrons. The number of nitrogens with zero attached hydrogens (tertiary/aromatic N) is 3. The van der Waals surface area contributed by atoms with Gasteiger partial charge < -0.3 is 13.9 Å². The maximum atomic E-state index is 13.8. The molecule has 3 heterocycles. The number of nitro groups is 1. The molecule has 0 saturated carbocycles. The van der Waals surface area contributed by atoms with Gasteiger partial charge in [0.2, 0.25) is 0 Å². The molecule has 0 spiro atoms. The molecule has 0 bridgehead atoms. The van der Waals surface area contributed by atoms with Crippen molar-refractivity contribution in [1.29, 1.82) is 0 Å². The number of benzene rings is 2. The molecule has 0 saturated heterocycles. The Bertz CT molecular complexity index is 1950. The van der Waals surface area contributed by atoms with Crippen LogP contribution >= 0.6 is 11.3 Å². The van der Waals surface area contributed by atoms with Crippen molar-refractivity contribution < 1.29 is 28.4 Å². The van der Waals surface area contributed by atoms with Gasteiger partial charge in [0.15, 0.2) is 4.80 Å². The van der Waals surface area contributed by atoms with Crippen molar-refractivity contribution in [2.24, 2.45) is 4.99 Å². The summed E-state index contributed by atoms with van der Waals surface area (Å²) in [7, 11) is 0. The number of aromatic nitrogens is 1. The molecule has 1 aliphatic heterocycles. The van der Waals surface area contributed by atoms with Crippen molar-refractivity contribution in [1.82, 2.24) is 4.57 Å². The molecule has 11 nitrogen and oxygen atoms in total. The molecule has 212 valence electrons. The van der Waals surface area contributed by atoms with E-state index in [9.17, 15) is 24.5 Å². The number of ether oxygens (including phenoxy) is 2. The minimum atomic E-state index is -0.883. The predicted octanol–water partition coefficient (Wildman–Crippen LogP) is 4.06. The van der Waals surface area contributed by atoms with Crippen molar-refractivity contribution in [3.05, 3.63) is 126 Å². The number of fused-ring (bicyclic) bond motifs is 1. The lowest BCUT2D eigenvalue weighted by Gasteiger charge is -2.24. The highest BCUT2D eigenvalue weighted by atomic mass is 32.1. The molecule has 2 aromatic carbocycles. The van der Waals surface area contributed by atoms with Gasteiger partial charge in [0.1, 0.15) is 23.9 Å². The zero-order chi connectivity index (χ0) is 30.0. The molecule has 0 unspecified atom stereocenters. The van der Waals surface area contributed by atoms with Crippen LogP contribution in [0, 0.1) is 10.1 Å². The van der Waals surface area contributed by atoms with Gasteiger partial charge in [0.05, 0.1) is 32.3 Å². The minimum absolute atomic E-state index is 0.0292. The average molecular weight is 586 g/mol. The van der Waals surface area contributed by atoms with E-state index in [1.807, 2.05) is 0 Å². The third kappa shape index (κ3) is 5.47. The number of thiazole rings is 1. The largest absolute Gasteiger partial charge is 0.458 e. The monoisotopic (exact) mass is 585 g/mol. The number of rotatable bonds is 8. The predicted molar refractivity (Wildman–Crippen MR) is 153 cm³/mol. The van der Waals surface area contributed by atoms with E-state index in [4.69, 9.17) is 13.9 Å². The number of hydrogen-bond acceptors (Lipinski definition) is 10. The van der Waals surface area contributed by atoms with Crippen molar-refractivity contribution >= 4 is 35.0 Å². The fraction of sp³-hybridized carbons (Fsp3) is 0.133. The molecular weight excluding hydrogens is 562 g/mol. The Kier molecular flexibility index (Phi) is 7.80. The lowest BCUT2D eigenvalue weighted by Crippen LogP contribution is -2.39. The van der Waals surface area contributed by atoms with Crippen LogP contribution < -0.4 is 19.6 Å². The van der Waals surface area contributed by atoms with Crippen molar-refractivity contribution in [2.75, 3.05) is 6.61 Å². The second-order valence-corrected chi connectivity index (χ2v) is 10.1. The van der Waals surface area contributed by atoms with Gasteiger partial charge in [-0.15, -0.1) is 0 Å². The van der Waals surface area contributed by atoms with Gasteiger partial charge in [-0.2, -0.15) is 0 Å². The number of para-hydroxylation sites is 1. The van der Waals surface area contributed by atoms with Crippen LogP contribution in [0.5, 0.6) is 5.75 Å². The zero-order valence-corrected chi connectivity index (χ0v) is 23.3. The highest BCUT2D eigenvalue weighted by molar-refractivity contribution is 7.07. The van der Waals surface area contributed by atoms with Crippen LogP contribution in [0.4, 0.5) is 5.69 Å². The fourth-order valence-electron chi connectivity index (χ4n) is 4.54. The van der Waals surface area contributed by atoms with E-state index in [0.717, 1.165) is 11.3 Å². The van der Waals surface area contributed by atoms with Gasteiger partial charge in [-0.05, 0) is 42.8 Å². The van der Waals surface area contributed by atoms with E-state index in [1.54, 1.807) is 61.5 Å². The lowest BCUT2D eigenvalue weighted by atomic mass is 9.96. The lowest BCUT2D eigenvalue weighted by molar-refractivity contribution is -0.384. The van der Waals surface area contributed by atoms with Crippen molar-refractivity contribution in [3.8, 4) is 17.1 Å². The number of esters is 2. The molecular formula is C30H23N3O8S. The Balaban J connectivity index is 1.61. The standard InChI is InChI=1S/C30H23N3O8S/c1-4-15-39-29(36)26-17(2)31-30-32(27(26)19-9-11-20(12-10-19)40-18(3)34)28(35)25(42-30)16-21-13-14-24(41-21)22-7-5-6-8-23(22)33(37)38/h4-14,16,27H,1,15H2,2-3H3/b25-16-/t27-/m1/s1. The molecule has 0 amide bonds. The molecule has 2 aromatic heterocycles. The van der Waals surface area contributed by atoms with Crippen LogP contribution in [0.25, 0.3) is 17.4 Å². The number of carbonyl (C=O) groups excluding carboxylic acids is 2. The number of carbonyl (C=O) groups is 2. The summed E-state index contributed by atoms with van der Waals surface area (Å²) in [6, 6.07) is 15.0. The topological polar surface area (TPSA) is 143 Å². The third-order valence-electron chi connectivity index (χ3n) is 6.30. The number of furan rings is 1. The molecule has 0 fully saturated rings. The van der Waals surface area contributed by atoms with Crippen LogP contribution in [0.1, 0.15) is 31.2 Å². The first kappa shape index (κ1) is 28.2. The first-order valence-corrected chi connectivity index (χ1v) is 13.4. The average Bonchev–Trinajstić information content (AvgIpc) is 3.55. The van der Waals surface area contributed by atoms with Gasteiger partial charge >= 0.3 is 11.9 Å². The molecule has 12 heteroatoms. The summed E-state index contributed by atoms with van der Waals surface area (Å²) in [4.78, 5) is 54.2. The molecule has 1 atom stereocenters.